The van der Waals surface area contributed by atoms with Gasteiger partial charge in [-0.2, -0.15) is 0 Å². The Bertz CT molecular complexity index is 528. The Hall–Kier alpha value is -2.36. The number of hydrogen-bond acceptors (Lipinski definition) is 2. The number of hydrogen-bond donors (Lipinski definition) is 1. The standard InChI is InChI=1S/C12H11N3O/c16-15(12-9-5-2-6-10-12)14-13-11-7-3-1-4-8-11/h1-10,13H/i9D. The summed E-state index contributed by atoms with van der Waals surface area (Å²) in [6, 6.07) is 15.8. The summed E-state index contributed by atoms with van der Waals surface area (Å²) >= 11 is 0. The highest BCUT2D eigenvalue weighted by atomic mass is 16.5. The quantitative estimate of drug-likeness (QED) is 0.484. The molecule has 4 nitrogen and oxygen atoms in total. The van der Waals surface area contributed by atoms with Crippen molar-refractivity contribution in [3.8, 4) is 0 Å². The normalized spacial score (nSPS) is 12.0. The third-order valence-corrected chi connectivity index (χ3v) is 1.94. The molecule has 4 heteroatoms. The monoisotopic (exact) mass is 214 g/mol. The first kappa shape index (κ1) is 8.91. The summed E-state index contributed by atoms with van der Waals surface area (Å²) in [7, 11) is 0. The minimum Gasteiger partial charge on any atom is -0.691 e. The van der Waals surface area contributed by atoms with Crippen molar-refractivity contribution in [1.82, 2.24) is 0 Å². The maximum atomic E-state index is 11.6. The summed E-state index contributed by atoms with van der Waals surface area (Å²) in [4.78, 5) is 0.398. The van der Waals surface area contributed by atoms with E-state index in [0.717, 1.165) is 5.69 Å². The second kappa shape index (κ2) is 4.93. The van der Waals surface area contributed by atoms with Crippen LogP contribution in [0.1, 0.15) is 1.37 Å². The number of para-hydroxylation sites is 2. The van der Waals surface area contributed by atoms with Crippen LogP contribution in [0.25, 0.3) is 0 Å². The average Bonchev–Trinajstić information content (AvgIpc) is 2.38. The lowest BCUT2D eigenvalue weighted by atomic mass is 10.3. The van der Waals surface area contributed by atoms with E-state index in [1.54, 1.807) is 30.3 Å². The molecular formula is C12H11N3O. The molecule has 2 aromatic rings. The lowest BCUT2D eigenvalue weighted by Gasteiger charge is -2.04. The van der Waals surface area contributed by atoms with E-state index in [1.165, 1.54) is 6.07 Å². The zero-order chi connectivity index (χ0) is 12.1. The molecule has 0 bridgehead atoms. The molecule has 0 fully saturated rings. The SMILES string of the molecule is [2H]c1ccccc1[N+]([O-])=NNc1ccccc1. The van der Waals surface area contributed by atoms with Gasteiger partial charge in [0.1, 0.15) is 5.69 Å². The fourth-order valence-corrected chi connectivity index (χ4v) is 1.17. The zero-order valence-corrected chi connectivity index (χ0v) is 8.50. The van der Waals surface area contributed by atoms with Crippen LogP contribution < -0.4 is 5.43 Å². The lowest BCUT2D eigenvalue weighted by molar-refractivity contribution is -0.439. The highest BCUT2D eigenvalue weighted by Gasteiger charge is 1.96. The van der Waals surface area contributed by atoms with Crippen LogP contribution in [0.2, 0.25) is 0 Å². The molecule has 0 aliphatic rings. The summed E-state index contributed by atoms with van der Waals surface area (Å²) in [6.45, 7) is 0. The third kappa shape index (κ3) is 2.57. The van der Waals surface area contributed by atoms with Gasteiger partial charge in [-0.15, -0.1) is 10.3 Å². The minimum atomic E-state index is 0.140. The van der Waals surface area contributed by atoms with Crippen molar-refractivity contribution in [2.75, 3.05) is 5.43 Å². The highest BCUT2D eigenvalue weighted by Crippen LogP contribution is 2.10. The summed E-state index contributed by atoms with van der Waals surface area (Å²) in [5.41, 5.74) is 3.55. The Morgan fingerprint density at radius 2 is 1.75 bits per heavy atom. The first-order chi connectivity index (χ1) is 8.27. The Labute approximate surface area is 94.8 Å². The Balaban J connectivity index is 2.16. The summed E-state index contributed by atoms with van der Waals surface area (Å²) in [5, 5.41) is 15.2. The summed E-state index contributed by atoms with van der Waals surface area (Å²) in [5.74, 6) is 0. The Morgan fingerprint density at radius 1 is 1.06 bits per heavy atom. The van der Waals surface area contributed by atoms with Gasteiger partial charge in [-0.25, -0.2) is 0 Å². The van der Waals surface area contributed by atoms with Crippen LogP contribution in [0, 0.1) is 5.21 Å². The smallest absolute Gasteiger partial charge is 0.154 e. The number of anilines is 1. The molecule has 0 saturated carbocycles. The van der Waals surface area contributed by atoms with Gasteiger partial charge in [0.25, 0.3) is 0 Å². The second-order valence-electron chi connectivity index (χ2n) is 3.10. The average molecular weight is 214 g/mol. The summed E-state index contributed by atoms with van der Waals surface area (Å²) < 4.78 is 7.55. The number of benzene rings is 2. The zero-order valence-electron chi connectivity index (χ0n) is 9.50. The van der Waals surface area contributed by atoms with Gasteiger partial charge in [-0.3, -0.25) is 0 Å². The molecule has 2 rings (SSSR count). The van der Waals surface area contributed by atoms with Gasteiger partial charge in [0, 0.05) is 0 Å². The fourth-order valence-electron chi connectivity index (χ4n) is 1.17. The van der Waals surface area contributed by atoms with Crippen molar-refractivity contribution in [2.45, 2.75) is 0 Å². The lowest BCUT2D eigenvalue weighted by Crippen LogP contribution is -1.97. The predicted molar refractivity (Wildman–Crippen MR) is 62.2 cm³/mol. The van der Waals surface area contributed by atoms with Gasteiger partial charge in [-0.05, 0) is 24.2 Å². The predicted octanol–water partition coefficient (Wildman–Crippen LogP) is 3.31. The minimum absolute atomic E-state index is 0.140. The van der Waals surface area contributed by atoms with Crippen LogP contribution in [-0.2, 0) is 0 Å². The molecule has 0 aromatic heterocycles. The molecule has 2 aromatic carbocycles. The van der Waals surface area contributed by atoms with Crippen LogP contribution in [0.3, 0.4) is 0 Å². The van der Waals surface area contributed by atoms with Crippen molar-refractivity contribution in [1.29, 1.82) is 0 Å². The van der Waals surface area contributed by atoms with Crippen LogP contribution in [0.5, 0.6) is 0 Å². The topological polar surface area (TPSA) is 50.5 Å². The molecule has 0 amide bonds. The molecule has 0 atom stereocenters. The molecule has 16 heavy (non-hydrogen) atoms. The maximum absolute atomic E-state index is 11.6. The molecule has 0 radical (unpaired) electrons. The van der Waals surface area contributed by atoms with Gasteiger partial charge in [0.15, 0.2) is 5.69 Å². The van der Waals surface area contributed by atoms with Crippen LogP contribution in [-0.4, -0.2) is 4.86 Å². The van der Waals surface area contributed by atoms with Crippen LogP contribution >= 0.6 is 0 Å². The van der Waals surface area contributed by atoms with Crippen LogP contribution in [0.15, 0.2) is 65.9 Å². The van der Waals surface area contributed by atoms with Crippen molar-refractivity contribution in [3.05, 3.63) is 65.8 Å². The van der Waals surface area contributed by atoms with E-state index < -0.39 is 0 Å². The molecular weight excluding hydrogens is 202 g/mol. The van der Waals surface area contributed by atoms with Gasteiger partial charge in [0.05, 0.1) is 6.59 Å². The molecule has 0 saturated heterocycles. The number of nitrogens with zero attached hydrogens (tertiary/aromatic N) is 2. The van der Waals surface area contributed by atoms with E-state index in [1.807, 2.05) is 18.2 Å². The van der Waals surface area contributed by atoms with Crippen molar-refractivity contribution >= 4 is 11.4 Å². The van der Waals surface area contributed by atoms with Gasteiger partial charge in [0.2, 0.25) is 0 Å². The van der Waals surface area contributed by atoms with Gasteiger partial charge in [-0.1, -0.05) is 36.4 Å². The van der Waals surface area contributed by atoms with Gasteiger partial charge >= 0.3 is 0 Å². The van der Waals surface area contributed by atoms with E-state index in [2.05, 4.69) is 10.6 Å². The molecule has 1 N–H and O–H groups in total. The highest BCUT2D eigenvalue weighted by molar-refractivity contribution is 5.41. The maximum Gasteiger partial charge on any atom is 0.154 e. The van der Waals surface area contributed by atoms with E-state index in [9.17, 15) is 5.21 Å². The van der Waals surface area contributed by atoms with E-state index in [-0.39, 0.29) is 11.7 Å². The largest absolute Gasteiger partial charge is 0.691 e. The van der Waals surface area contributed by atoms with Gasteiger partial charge < -0.3 is 5.21 Å². The fraction of sp³-hybridized carbons (Fsp3) is 0. The van der Waals surface area contributed by atoms with Crippen molar-refractivity contribution in [2.24, 2.45) is 5.22 Å². The number of nitrogens with one attached hydrogen (secondary N) is 1. The molecule has 0 spiro atoms. The third-order valence-electron chi connectivity index (χ3n) is 1.94. The Kier molecular flexibility index (Phi) is 2.74. The molecule has 0 aliphatic heterocycles. The van der Waals surface area contributed by atoms with Crippen molar-refractivity contribution in [3.63, 3.8) is 0 Å². The molecule has 80 valence electrons. The molecule has 0 unspecified atom stereocenters. The van der Waals surface area contributed by atoms with E-state index in [0.29, 0.717) is 4.86 Å². The number of rotatable bonds is 3. The second-order valence-corrected chi connectivity index (χ2v) is 3.10. The molecule has 0 aliphatic carbocycles. The van der Waals surface area contributed by atoms with Crippen molar-refractivity contribution < 1.29 is 6.23 Å². The first-order valence-corrected chi connectivity index (χ1v) is 4.82. The Morgan fingerprint density at radius 3 is 2.50 bits per heavy atom. The molecule has 0 heterocycles. The van der Waals surface area contributed by atoms with Crippen LogP contribution in [0.4, 0.5) is 11.4 Å². The van der Waals surface area contributed by atoms with E-state index in [4.69, 9.17) is 1.37 Å². The first-order valence-electron chi connectivity index (χ1n) is 5.32. The summed E-state index contributed by atoms with van der Waals surface area (Å²) in [6.07, 6.45) is 0. The van der Waals surface area contributed by atoms with E-state index >= 15 is 0 Å².